The lowest BCUT2D eigenvalue weighted by Crippen LogP contribution is -2.20. The second-order valence-electron chi connectivity index (χ2n) is 3.10. The Hall–Kier alpha value is -1.33. The highest BCUT2D eigenvalue weighted by molar-refractivity contribution is 6.32. The molecule has 0 saturated heterocycles. The van der Waals surface area contributed by atoms with Crippen LogP contribution in [0.15, 0.2) is 12.1 Å². The van der Waals surface area contributed by atoms with Gasteiger partial charge in [0, 0.05) is 18.0 Å². The minimum atomic E-state index is -0.865. The van der Waals surface area contributed by atoms with E-state index in [1.807, 2.05) is 0 Å². The molecule has 1 amide bonds. The van der Waals surface area contributed by atoms with Crippen molar-refractivity contribution in [1.29, 1.82) is 0 Å². The van der Waals surface area contributed by atoms with Crippen molar-refractivity contribution >= 4 is 17.5 Å². The molecule has 15 heavy (non-hydrogen) atoms. The molecule has 1 aromatic rings. The van der Waals surface area contributed by atoms with Crippen molar-refractivity contribution in [2.24, 2.45) is 11.5 Å². The van der Waals surface area contributed by atoms with Crippen LogP contribution in [0.4, 0.5) is 4.39 Å². The van der Waals surface area contributed by atoms with Gasteiger partial charge in [-0.25, -0.2) is 4.39 Å². The van der Waals surface area contributed by atoms with Crippen LogP contribution in [0.5, 0.6) is 5.75 Å². The molecule has 1 rings (SSSR count). The second kappa shape index (κ2) is 4.46. The molecule has 0 spiro atoms. The molecule has 0 fully saturated rings. The molecule has 1 atom stereocenters. The summed E-state index contributed by atoms with van der Waals surface area (Å²) >= 11 is 5.54. The van der Waals surface area contributed by atoms with E-state index in [-0.39, 0.29) is 22.8 Å². The highest BCUT2D eigenvalue weighted by Gasteiger charge is 2.16. The van der Waals surface area contributed by atoms with Crippen LogP contribution in [0.2, 0.25) is 5.02 Å². The van der Waals surface area contributed by atoms with Gasteiger partial charge in [-0.05, 0) is 12.1 Å². The van der Waals surface area contributed by atoms with E-state index in [1.54, 1.807) is 0 Å². The fraction of sp³-hybridized carbons (Fsp3) is 0.222. The Morgan fingerprint density at radius 1 is 1.60 bits per heavy atom. The minimum absolute atomic E-state index is 0.0683. The van der Waals surface area contributed by atoms with Crippen molar-refractivity contribution in [3.8, 4) is 5.75 Å². The molecule has 0 aromatic heterocycles. The SMILES string of the molecule is NC(=O)CC(N)c1cc(F)cc(Cl)c1O. The molecule has 0 aliphatic carbocycles. The van der Waals surface area contributed by atoms with E-state index in [0.29, 0.717) is 0 Å². The first-order chi connectivity index (χ1) is 6.91. The van der Waals surface area contributed by atoms with Crippen LogP contribution >= 0.6 is 11.6 Å². The summed E-state index contributed by atoms with van der Waals surface area (Å²) in [5.41, 5.74) is 10.5. The molecule has 1 aromatic carbocycles. The number of hydrogen-bond acceptors (Lipinski definition) is 3. The Labute approximate surface area is 90.6 Å². The number of aromatic hydroxyl groups is 1. The van der Waals surface area contributed by atoms with Crippen molar-refractivity contribution in [1.82, 2.24) is 0 Å². The fourth-order valence-electron chi connectivity index (χ4n) is 1.20. The monoisotopic (exact) mass is 232 g/mol. The number of rotatable bonds is 3. The topological polar surface area (TPSA) is 89.3 Å². The van der Waals surface area contributed by atoms with Gasteiger partial charge in [-0.2, -0.15) is 0 Å². The van der Waals surface area contributed by atoms with Gasteiger partial charge < -0.3 is 16.6 Å². The number of phenolic OH excluding ortho intramolecular Hbond substituents is 1. The maximum Gasteiger partial charge on any atom is 0.219 e. The van der Waals surface area contributed by atoms with Crippen LogP contribution in [0, 0.1) is 5.82 Å². The predicted molar refractivity (Wildman–Crippen MR) is 53.8 cm³/mol. The van der Waals surface area contributed by atoms with Crippen LogP contribution in [0.25, 0.3) is 0 Å². The second-order valence-corrected chi connectivity index (χ2v) is 3.51. The molecule has 0 bridgehead atoms. The smallest absolute Gasteiger partial charge is 0.219 e. The molecule has 0 aliphatic heterocycles. The zero-order chi connectivity index (χ0) is 11.6. The van der Waals surface area contributed by atoms with Gasteiger partial charge in [0.25, 0.3) is 0 Å². The largest absolute Gasteiger partial charge is 0.506 e. The zero-order valence-corrected chi connectivity index (χ0v) is 8.46. The molecular weight excluding hydrogens is 223 g/mol. The Balaban J connectivity index is 3.07. The van der Waals surface area contributed by atoms with Crippen molar-refractivity contribution in [3.05, 3.63) is 28.5 Å². The van der Waals surface area contributed by atoms with E-state index in [1.165, 1.54) is 0 Å². The summed E-state index contributed by atoms with van der Waals surface area (Å²) in [4.78, 5) is 10.6. The standard InChI is InChI=1S/C9H10ClFN2O2/c10-6-2-4(11)1-5(9(6)15)7(12)3-8(13)14/h1-2,7,15H,3,12H2,(H2,13,14). The highest BCUT2D eigenvalue weighted by Crippen LogP contribution is 2.32. The third-order valence-corrected chi connectivity index (χ3v) is 2.17. The molecule has 0 aliphatic rings. The van der Waals surface area contributed by atoms with Gasteiger partial charge in [0.05, 0.1) is 5.02 Å². The molecule has 5 N–H and O–H groups in total. The number of carbonyl (C=O) groups excluding carboxylic acids is 1. The number of hydrogen-bond donors (Lipinski definition) is 3. The van der Waals surface area contributed by atoms with E-state index in [4.69, 9.17) is 23.1 Å². The minimum Gasteiger partial charge on any atom is -0.506 e. The van der Waals surface area contributed by atoms with Gasteiger partial charge in [-0.1, -0.05) is 11.6 Å². The third kappa shape index (κ3) is 2.81. The number of primary amides is 1. The van der Waals surface area contributed by atoms with E-state index in [9.17, 15) is 14.3 Å². The Kier molecular flexibility index (Phi) is 3.49. The summed E-state index contributed by atoms with van der Waals surface area (Å²) in [6.07, 6.45) is -0.187. The van der Waals surface area contributed by atoms with Crippen molar-refractivity contribution in [3.63, 3.8) is 0 Å². The number of amides is 1. The normalized spacial score (nSPS) is 12.5. The van der Waals surface area contributed by atoms with Crippen LogP contribution < -0.4 is 11.5 Å². The van der Waals surface area contributed by atoms with Gasteiger partial charge in [0.1, 0.15) is 11.6 Å². The summed E-state index contributed by atoms with van der Waals surface area (Å²) in [5.74, 6) is -1.60. The zero-order valence-electron chi connectivity index (χ0n) is 7.71. The first-order valence-electron chi connectivity index (χ1n) is 4.13. The van der Waals surface area contributed by atoms with Gasteiger partial charge in [-0.3, -0.25) is 4.79 Å². The van der Waals surface area contributed by atoms with Crippen LogP contribution in [0.1, 0.15) is 18.0 Å². The number of nitrogens with two attached hydrogens (primary N) is 2. The molecule has 82 valence electrons. The van der Waals surface area contributed by atoms with E-state index >= 15 is 0 Å². The summed E-state index contributed by atoms with van der Waals surface area (Å²) in [7, 11) is 0. The highest BCUT2D eigenvalue weighted by atomic mass is 35.5. The van der Waals surface area contributed by atoms with Crippen LogP contribution in [0.3, 0.4) is 0 Å². The quantitative estimate of drug-likeness (QED) is 0.728. The van der Waals surface area contributed by atoms with Crippen LogP contribution in [-0.4, -0.2) is 11.0 Å². The third-order valence-electron chi connectivity index (χ3n) is 1.88. The fourth-order valence-corrected chi connectivity index (χ4v) is 1.41. The summed E-state index contributed by atoms with van der Waals surface area (Å²) in [6, 6.07) is 1.11. The molecule has 6 heteroatoms. The molecule has 0 heterocycles. The van der Waals surface area contributed by atoms with E-state index in [0.717, 1.165) is 12.1 Å². The number of phenols is 1. The molecular formula is C9H10ClFN2O2. The van der Waals surface area contributed by atoms with Crippen molar-refractivity contribution < 1.29 is 14.3 Å². The number of carbonyl (C=O) groups is 1. The molecule has 0 radical (unpaired) electrons. The molecule has 0 saturated carbocycles. The van der Waals surface area contributed by atoms with Gasteiger partial charge >= 0.3 is 0 Å². The summed E-state index contributed by atoms with van der Waals surface area (Å²) < 4.78 is 12.9. The average molecular weight is 233 g/mol. The molecule has 4 nitrogen and oxygen atoms in total. The lowest BCUT2D eigenvalue weighted by Gasteiger charge is -2.12. The maximum absolute atomic E-state index is 12.9. The molecule has 1 unspecified atom stereocenters. The number of benzene rings is 1. The van der Waals surface area contributed by atoms with Gasteiger partial charge in [0.2, 0.25) is 5.91 Å². The first-order valence-corrected chi connectivity index (χ1v) is 4.51. The lowest BCUT2D eigenvalue weighted by molar-refractivity contribution is -0.118. The van der Waals surface area contributed by atoms with Crippen molar-refractivity contribution in [2.45, 2.75) is 12.5 Å². The summed E-state index contributed by atoms with van der Waals surface area (Å²) in [5, 5.41) is 9.33. The van der Waals surface area contributed by atoms with Gasteiger partial charge in [0.15, 0.2) is 0 Å². The first kappa shape index (κ1) is 11.7. The number of halogens is 2. The Bertz CT molecular complexity index is 398. The predicted octanol–water partition coefficient (Wildman–Crippen LogP) is 1.06. The van der Waals surface area contributed by atoms with Crippen LogP contribution in [-0.2, 0) is 4.79 Å². The van der Waals surface area contributed by atoms with Gasteiger partial charge in [-0.15, -0.1) is 0 Å². The average Bonchev–Trinajstić information content (AvgIpc) is 2.09. The maximum atomic E-state index is 12.9. The lowest BCUT2D eigenvalue weighted by atomic mass is 10.0. The van der Waals surface area contributed by atoms with E-state index in [2.05, 4.69) is 0 Å². The Morgan fingerprint density at radius 3 is 2.73 bits per heavy atom. The Morgan fingerprint density at radius 2 is 2.20 bits per heavy atom. The summed E-state index contributed by atoms with van der Waals surface area (Å²) in [6.45, 7) is 0. The van der Waals surface area contributed by atoms with Crippen molar-refractivity contribution in [2.75, 3.05) is 0 Å². The van der Waals surface area contributed by atoms with E-state index < -0.39 is 17.8 Å².